The fraction of sp³-hybridized carbons (Fsp3) is 0.538. The van der Waals surface area contributed by atoms with E-state index < -0.39 is 0 Å². The quantitative estimate of drug-likeness (QED) is 0.915. The highest BCUT2D eigenvalue weighted by atomic mass is 79.9. The van der Waals surface area contributed by atoms with E-state index >= 15 is 0 Å². The van der Waals surface area contributed by atoms with Gasteiger partial charge in [0, 0.05) is 10.5 Å². The van der Waals surface area contributed by atoms with Crippen molar-refractivity contribution >= 4 is 27.5 Å². The minimum absolute atomic E-state index is 0.544. The van der Waals surface area contributed by atoms with E-state index in [0.29, 0.717) is 11.1 Å². The third-order valence-corrected chi connectivity index (χ3v) is 3.91. The van der Waals surface area contributed by atoms with Crippen LogP contribution in [0.25, 0.3) is 0 Å². The molecule has 1 atom stereocenters. The maximum absolute atomic E-state index is 6.18. The van der Waals surface area contributed by atoms with Crippen molar-refractivity contribution in [3.05, 3.63) is 27.2 Å². The molecule has 17 heavy (non-hydrogen) atoms. The lowest BCUT2D eigenvalue weighted by atomic mass is 9.97. The van der Waals surface area contributed by atoms with Crippen LogP contribution in [0.4, 0.5) is 0 Å². The van der Waals surface area contributed by atoms with Gasteiger partial charge in [-0.05, 0) is 43.5 Å². The average Bonchev–Trinajstić information content (AvgIpc) is 2.30. The van der Waals surface area contributed by atoms with Crippen LogP contribution in [0.2, 0.25) is 5.02 Å². The van der Waals surface area contributed by atoms with Crippen LogP contribution in [-0.4, -0.2) is 19.7 Å². The second-order valence-corrected chi connectivity index (χ2v) is 5.75. The van der Waals surface area contributed by atoms with Crippen LogP contribution in [0.3, 0.4) is 0 Å². The van der Waals surface area contributed by atoms with Crippen molar-refractivity contribution < 1.29 is 4.74 Å². The molecule has 0 aliphatic carbocycles. The van der Waals surface area contributed by atoms with Gasteiger partial charge in [-0.3, -0.25) is 0 Å². The molecule has 1 unspecified atom stereocenters. The Hall–Kier alpha value is -0.250. The summed E-state index contributed by atoms with van der Waals surface area (Å²) in [6, 6.07) is 4.52. The van der Waals surface area contributed by atoms with Crippen molar-refractivity contribution in [3.63, 3.8) is 0 Å². The molecule has 2 nitrogen and oxygen atoms in total. The Morgan fingerprint density at radius 1 is 1.47 bits per heavy atom. The van der Waals surface area contributed by atoms with E-state index in [1.54, 1.807) is 7.11 Å². The molecule has 0 radical (unpaired) electrons. The summed E-state index contributed by atoms with van der Waals surface area (Å²) in [6.45, 7) is 1.12. The van der Waals surface area contributed by atoms with Crippen LogP contribution in [-0.2, 0) is 6.42 Å². The zero-order chi connectivity index (χ0) is 12.3. The highest BCUT2D eigenvalue weighted by molar-refractivity contribution is 9.10. The summed E-state index contributed by atoms with van der Waals surface area (Å²) < 4.78 is 6.40. The summed E-state index contributed by atoms with van der Waals surface area (Å²) in [5.41, 5.74) is 1.17. The molecular weight excluding hydrogens is 302 g/mol. The molecule has 1 aliphatic heterocycles. The van der Waals surface area contributed by atoms with Gasteiger partial charge in [0.1, 0.15) is 5.75 Å². The van der Waals surface area contributed by atoms with Crippen molar-refractivity contribution in [1.29, 1.82) is 0 Å². The molecule has 1 N–H and O–H groups in total. The molecule has 1 aliphatic rings. The molecule has 1 fully saturated rings. The molecule has 0 spiro atoms. The number of halogens is 2. The number of ether oxygens (including phenoxy) is 1. The fourth-order valence-electron chi connectivity index (χ4n) is 2.36. The van der Waals surface area contributed by atoms with E-state index in [1.807, 2.05) is 6.07 Å². The molecule has 1 saturated heterocycles. The summed E-state index contributed by atoms with van der Waals surface area (Å²) in [4.78, 5) is 0. The van der Waals surface area contributed by atoms with E-state index in [-0.39, 0.29) is 0 Å². The van der Waals surface area contributed by atoms with E-state index in [9.17, 15) is 0 Å². The van der Waals surface area contributed by atoms with Crippen molar-refractivity contribution in [2.45, 2.75) is 31.7 Å². The first-order valence-corrected chi connectivity index (χ1v) is 7.13. The molecule has 0 saturated carbocycles. The van der Waals surface area contributed by atoms with E-state index in [4.69, 9.17) is 16.3 Å². The van der Waals surface area contributed by atoms with Gasteiger partial charge in [0.05, 0.1) is 12.1 Å². The summed E-state index contributed by atoms with van der Waals surface area (Å²) >= 11 is 9.66. The first-order chi connectivity index (χ1) is 8.20. The number of hydrogen-bond donors (Lipinski definition) is 1. The standard InChI is InChI=1S/C13H17BrClNO/c1-17-13-9(6-10(14)8-12(13)15)7-11-4-2-3-5-16-11/h6,8,11,16H,2-5,7H2,1H3. The first-order valence-electron chi connectivity index (χ1n) is 5.96. The molecule has 0 bridgehead atoms. The lowest BCUT2D eigenvalue weighted by Crippen LogP contribution is -2.35. The van der Waals surface area contributed by atoms with Crippen molar-refractivity contribution in [2.75, 3.05) is 13.7 Å². The fourth-order valence-corrected chi connectivity index (χ4v) is 3.31. The zero-order valence-electron chi connectivity index (χ0n) is 9.93. The lowest BCUT2D eigenvalue weighted by Gasteiger charge is -2.24. The van der Waals surface area contributed by atoms with Crippen LogP contribution < -0.4 is 10.1 Å². The SMILES string of the molecule is COc1c(Cl)cc(Br)cc1CC1CCCCN1. The number of piperidine rings is 1. The largest absolute Gasteiger partial charge is 0.495 e. The Balaban J connectivity index is 2.18. The van der Waals surface area contributed by atoms with Crippen LogP contribution in [0.5, 0.6) is 5.75 Å². The van der Waals surface area contributed by atoms with Crippen LogP contribution >= 0.6 is 27.5 Å². The van der Waals surface area contributed by atoms with Gasteiger partial charge in [-0.25, -0.2) is 0 Å². The minimum Gasteiger partial charge on any atom is -0.495 e. The van der Waals surface area contributed by atoms with Gasteiger partial charge >= 0.3 is 0 Å². The maximum Gasteiger partial charge on any atom is 0.140 e. The summed E-state index contributed by atoms with van der Waals surface area (Å²) in [6.07, 6.45) is 4.80. The maximum atomic E-state index is 6.18. The molecule has 1 aromatic carbocycles. The average molecular weight is 319 g/mol. The normalized spacial score (nSPS) is 20.3. The molecular formula is C13H17BrClNO. The van der Waals surface area contributed by atoms with E-state index in [0.717, 1.165) is 23.2 Å². The number of nitrogens with one attached hydrogen (secondary N) is 1. The summed E-state index contributed by atoms with van der Waals surface area (Å²) in [5, 5.41) is 4.22. The third-order valence-electron chi connectivity index (χ3n) is 3.17. The Kier molecular flexibility index (Phi) is 4.71. The predicted molar refractivity (Wildman–Crippen MR) is 75.0 cm³/mol. The molecule has 94 valence electrons. The first kappa shape index (κ1) is 13.2. The van der Waals surface area contributed by atoms with Gasteiger partial charge in [-0.2, -0.15) is 0 Å². The molecule has 4 heteroatoms. The molecule has 1 aromatic rings. The number of rotatable bonds is 3. The predicted octanol–water partition coefficient (Wildman–Crippen LogP) is 3.80. The monoisotopic (exact) mass is 317 g/mol. The number of methoxy groups -OCH3 is 1. The molecule has 2 rings (SSSR count). The highest BCUT2D eigenvalue weighted by Crippen LogP contribution is 2.33. The van der Waals surface area contributed by atoms with Crippen molar-refractivity contribution in [3.8, 4) is 5.75 Å². The Bertz CT molecular complexity index is 391. The summed E-state index contributed by atoms with van der Waals surface area (Å²) in [7, 11) is 1.67. The van der Waals surface area contributed by atoms with E-state index in [1.165, 1.54) is 24.8 Å². The van der Waals surface area contributed by atoms with Gasteiger partial charge in [-0.15, -0.1) is 0 Å². The van der Waals surface area contributed by atoms with Crippen LogP contribution in [0.15, 0.2) is 16.6 Å². The number of benzene rings is 1. The molecule has 1 heterocycles. The summed E-state index contributed by atoms with van der Waals surface area (Å²) in [5.74, 6) is 0.808. The van der Waals surface area contributed by atoms with Gasteiger partial charge < -0.3 is 10.1 Å². The second-order valence-electron chi connectivity index (χ2n) is 4.43. The third kappa shape index (κ3) is 3.36. The minimum atomic E-state index is 0.544. The zero-order valence-corrected chi connectivity index (χ0v) is 12.3. The Morgan fingerprint density at radius 3 is 2.94 bits per heavy atom. The topological polar surface area (TPSA) is 21.3 Å². The lowest BCUT2D eigenvalue weighted by molar-refractivity contribution is 0.381. The Morgan fingerprint density at radius 2 is 2.29 bits per heavy atom. The smallest absolute Gasteiger partial charge is 0.140 e. The van der Waals surface area contributed by atoms with Gasteiger partial charge in [0.25, 0.3) is 0 Å². The van der Waals surface area contributed by atoms with Crippen LogP contribution in [0.1, 0.15) is 24.8 Å². The Labute approximate surface area is 116 Å². The van der Waals surface area contributed by atoms with Crippen LogP contribution in [0, 0.1) is 0 Å². The highest BCUT2D eigenvalue weighted by Gasteiger charge is 2.17. The molecule has 0 amide bonds. The van der Waals surface area contributed by atoms with Crippen molar-refractivity contribution in [2.24, 2.45) is 0 Å². The molecule has 0 aromatic heterocycles. The second kappa shape index (κ2) is 6.07. The van der Waals surface area contributed by atoms with Gasteiger partial charge in [0.15, 0.2) is 0 Å². The van der Waals surface area contributed by atoms with Gasteiger partial charge in [-0.1, -0.05) is 34.0 Å². The van der Waals surface area contributed by atoms with E-state index in [2.05, 4.69) is 27.3 Å². The number of hydrogen-bond acceptors (Lipinski definition) is 2. The van der Waals surface area contributed by atoms with Gasteiger partial charge in [0.2, 0.25) is 0 Å². The van der Waals surface area contributed by atoms with Crippen molar-refractivity contribution in [1.82, 2.24) is 5.32 Å².